The Morgan fingerprint density at radius 2 is 1.80 bits per heavy atom. The Bertz CT molecular complexity index is 1080. The highest BCUT2D eigenvalue weighted by Crippen LogP contribution is 2.32. The Labute approximate surface area is 204 Å². The number of anilines is 1. The van der Waals surface area contributed by atoms with E-state index in [0.717, 1.165) is 0 Å². The van der Waals surface area contributed by atoms with Crippen molar-refractivity contribution in [2.75, 3.05) is 58.9 Å². The number of ether oxygens (including phenoxy) is 3. The van der Waals surface area contributed by atoms with Crippen molar-refractivity contribution < 1.29 is 28.6 Å². The van der Waals surface area contributed by atoms with E-state index >= 15 is 0 Å². The zero-order valence-electron chi connectivity index (χ0n) is 20.1. The normalized spacial score (nSPS) is 15.8. The molecule has 0 saturated carbocycles. The molecule has 186 valence electrons. The SMILES string of the molecule is COc1cccc(NC(=O)CN(C)C(=O)CN2CCC(C(=O)c3ccc4c(c3)OCCO4)CC2)c1. The lowest BCUT2D eigenvalue weighted by Crippen LogP contribution is -2.44. The summed E-state index contributed by atoms with van der Waals surface area (Å²) in [5.41, 5.74) is 1.24. The number of methoxy groups -OCH3 is 1. The first-order valence-electron chi connectivity index (χ1n) is 11.8. The molecule has 4 rings (SSSR count). The maximum absolute atomic E-state index is 13.0. The van der Waals surface area contributed by atoms with Crippen molar-refractivity contribution in [3.63, 3.8) is 0 Å². The van der Waals surface area contributed by atoms with Gasteiger partial charge in [-0.25, -0.2) is 0 Å². The standard InChI is InChI=1S/C26H31N3O6/c1-28(16-24(30)27-20-4-3-5-21(15-20)33-2)25(31)17-29-10-8-18(9-11-29)26(32)19-6-7-22-23(14-19)35-13-12-34-22/h3-7,14-15,18H,8-13,16-17H2,1-2H3,(H,27,30). The second-order valence-corrected chi connectivity index (χ2v) is 8.80. The van der Waals surface area contributed by atoms with Crippen molar-refractivity contribution >= 4 is 23.3 Å². The second kappa shape index (κ2) is 11.2. The number of carbonyl (C=O) groups excluding carboxylic acids is 3. The zero-order chi connectivity index (χ0) is 24.8. The van der Waals surface area contributed by atoms with Crippen molar-refractivity contribution in [1.82, 2.24) is 9.80 Å². The van der Waals surface area contributed by atoms with Gasteiger partial charge in [-0.15, -0.1) is 0 Å². The number of nitrogens with one attached hydrogen (secondary N) is 1. The third-order valence-corrected chi connectivity index (χ3v) is 6.30. The molecule has 0 aliphatic carbocycles. The third-order valence-electron chi connectivity index (χ3n) is 6.30. The number of hydrogen-bond donors (Lipinski definition) is 1. The fourth-order valence-corrected chi connectivity index (χ4v) is 4.30. The Balaban J connectivity index is 1.22. The molecule has 0 unspecified atom stereocenters. The van der Waals surface area contributed by atoms with Crippen LogP contribution in [0, 0.1) is 5.92 Å². The summed E-state index contributed by atoms with van der Waals surface area (Å²) >= 11 is 0. The molecule has 2 aromatic carbocycles. The zero-order valence-corrected chi connectivity index (χ0v) is 20.1. The van der Waals surface area contributed by atoms with Crippen molar-refractivity contribution in [2.45, 2.75) is 12.8 Å². The van der Waals surface area contributed by atoms with Crippen LogP contribution in [0.3, 0.4) is 0 Å². The van der Waals surface area contributed by atoms with Gasteiger partial charge < -0.3 is 24.4 Å². The average molecular weight is 482 g/mol. The molecule has 1 saturated heterocycles. The van der Waals surface area contributed by atoms with Crippen LogP contribution in [0.5, 0.6) is 17.2 Å². The van der Waals surface area contributed by atoms with Gasteiger partial charge in [0.1, 0.15) is 19.0 Å². The highest BCUT2D eigenvalue weighted by Gasteiger charge is 2.28. The lowest BCUT2D eigenvalue weighted by molar-refractivity contribution is -0.134. The number of amides is 2. The number of fused-ring (bicyclic) bond motifs is 1. The minimum Gasteiger partial charge on any atom is -0.497 e. The Hall–Kier alpha value is -3.59. The summed E-state index contributed by atoms with van der Waals surface area (Å²) in [5.74, 6) is 1.52. The third kappa shape index (κ3) is 6.30. The molecule has 1 N–H and O–H groups in total. The summed E-state index contributed by atoms with van der Waals surface area (Å²) < 4.78 is 16.3. The van der Waals surface area contributed by atoms with E-state index in [0.29, 0.717) is 67.6 Å². The fourth-order valence-electron chi connectivity index (χ4n) is 4.30. The largest absolute Gasteiger partial charge is 0.497 e. The van der Waals surface area contributed by atoms with E-state index in [9.17, 15) is 14.4 Å². The molecule has 2 heterocycles. The molecule has 9 heteroatoms. The monoisotopic (exact) mass is 481 g/mol. The number of ketones is 1. The molecule has 2 aromatic rings. The predicted octanol–water partition coefficient (Wildman–Crippen LogP) is 2.46. The summed E-state index contributed by atoms with van der Waals surface area (Å²) in [4.78, 5) is 41.5. The van der Waals surface area contributed by atoms with E-state index in [-0.39, 0.29) is 36.6 Å². The molecule has 0 aromatic heterocycles. The van der Waals surface area contributed by atoms with Crippen LogP contribution in [0.1, 0.15) is 23.2 Å². The van der Waals surface area contributed by atoms with Crippen LogP contribution < -0.4 is 19.5 Å². The summed E-state index contributed by atoms with van der Waals surface area (Å²) in [6.45, 7) is 2.46. The first-order valence-corrected chi connectivity index (χ1v) is 11.8. The van der Waals surface area contributed by atoms with Gasteiger partial charge in [0.2, 0.25) is 11.8 Å². The van der Waals surface area contributed by atoms with Gasteiger partial charge in [0.05, 0.1) is 20.2 Å². The van der Waals surface area contributed by atoms with E-state index in [1.807, 2.05) is 4.90 Å². The van der Waals surface area contributed by atoms with Crippen molar-refractivity contribution in [3.8, 4) is 17.2 Å². The molecule has 0 atom stereocenters. The fraction of sp³-hybridized carbons (Fsp3) is 0.423. The molecule has 35 heavy (non-hydrogen) atoms. The number of likely N-dealkylation sites (tertiary alicyclic amines) is 1. The van der Waals surface area contributed by atoms with Crippen LogP contribution in [-0.4, -0.2) is 80.9 Å². The van der Waals surface area contributed by atoms with Gasteiger partial charge in [-0.3, -0.25) is 19.3 Å². The number of hydrogen-bond acceptors (Lipinski definition) is 7. The van der Waals surface area contributed by atoms with Crippen LogP contribution in [0.2, 0.25) is 0 Å². The summed E-state index contributed by atoms with van der Waals surface area (Å²) in [7, 11) is 3.18. The first-order chi connectivity index (χ1) is 16.9. The van der Waals surface area contributed by atoms with E-state index in [2.05, 4.69) is 5.32 Å². The number of piperidine rings is 1. The van der Waals surface area contributed by atoms with E-state index in [1.54, 1.807) is 56.6 Å². The molecule has 0 radical (unpaired) electrons. The Kier molecular flexibility index (Phi) is 7.87. The molecule has 2 aliphatic rings. The molecular formula is C26H31N3O6. The van der Waals surface area contributed by atoms with Gasteiger partial charge in [-0.1, -0.05) is 6.07 Å². The predicted molar refractivity (Wildman–Crippen MR) is 130 cm³/mol. The number of Topliss-reactive ketones (excluding diaryl/α,β-unsaturated/α-hetero) is 1. The van der Waals surface area contributed by atoms with Gasteiger partial charge in [0, 0.05) is 30.3 Å². The highest BCUT2D eigenvalue weighted by atomic mass is 16.6. The van der Waals surface area contributed by atoms with Crippen LogP contribution >= 0.6 is 0 Å². The quantitative estimate of drug-likeness (QED) is 0.579. The van der Waals surface area contributed by atoms with Gasteiger partial charge in [0.25, 0.3) is 0 Å². The molecule has 9 nitrogen and oxygen atoms in total. The Morgan fingerprint density at radius 3 is 2.54 bits per heavy atom. The molecule has 2 amide bonds. The lowest BCUT2D eigenvalue weighted by Gasteiger charge is -2.32. The number of nitrogens with zero attached hydrogens (tertiary/aromatic N) is 2. The van der Waals surface area contributed by atoms with E-state index in [4.69, 9.17) is 14.2 Å². The first kappa shape index (κ1) is 24.5. The van der Waals surface area contributed by atoms with Crippen molar-refractivity contribution in [1.29, 1.82) is 0 Å². The molecule has 0 bridgehead atoms. The maximum atomic E-state index is 13.0. The molecule has 2 aliphatic heterocycles. The number of likely N-dealkylation sites (N-methyl/N-ethyl adjacent to an activating group) is 1. The van der Waals surface area contributed by atoms with Gasteiger partial charge in [0.15, 0.2) is 17.3 Å². The van der Waals surface area contributed by atoms with Crippen molar-refractivity contribution in [3.05, 3.63) is 48.0 Å². The van der Waals surface area contributed by atoms with E-state index in [1.165, 1.54) is 4.90 Å². The molecule has 0 spiro atoms. The maximum Gasteiger partial charge on any atom is 0.243 e. The lowest BCUT2D eigenvalue weighted by atomic mass is 9.88. The van der Waals surface area contributed by atoms with Gasteiger partial charge in [-0.2, -0.15) is 0 Å². The number of benzene rings is 2. The van der Waals surface area contributed by atoms with Crippen LogP contribution in [0.4, 0.5) is 5.69 Å². The average Bonchev–Trinajstić information content (AvgIpc) is 2.88. The Morgan fingerprint density at radius 1 is 1.06 bits per heavy atom. The minimum absolute atomic E-state index is 0.0465. The number of rotatable bonds is 8. The summed E-state index contributed by atoms with van der Waals surface area (Å²) in [5, 5.41) is 2.78. The molecular weight excluding hydrogens is 450 g/mol. The van der Waals surface area contributed by atoms with Crippen LogP contribution in [0.15, 0.2) is 42.5 Å². The smallest absolute Gasteiger partial charge is 0.243 e. The number of carbonyl (C=O) groups is 3. The van der Waals surface area contributed by atoms with Crippen molar-refractivity contribution in [2.24, 2.45) is 5.92 Å². The second-order valence-electron chi connectivity index (χ2n) is 8.80. The van der Waals surface area contributed by atoms with Gasteiger partial charge >= 0.3 is 0 Å². The van der Waals surface area contributed by atoms with Crippen LogP contribution in [0.25, 0.3) is 0 Å². The molecule has 1 fully saturated rings. The van der Waals surface area contributed by atoms with Gasteiger partial charge in [-0.05, 0) is 56.3 Å². The van der Waals surface area contributed by atoms with E-state index < -0.39 is 0 Å². The summed E-state index contributed by atoms with van der Waals surface area (Å²) in [6, 6.07) is 12.4. The van der Waals surface area contributed by atoms with Crippen LogP contribution in [-0.2, 0) is 9.59 Å². The highest BCUT2D eigenvalue weighted by molar-refractivity contribution is 5.98. The summed E-state index contributed by atoms with van der Waals surface area (Å²) in [6.07, 6.45) is 1.36. The minimum atomic E-state index is -0.280. The topological polar surface area (TPSA) is 97.4 Å².